The van der Waals surface area contributed by atoms with E-state index in [1.807, 2.05) is 4.90 Å². The number of halogens is 1. The molecule has 0 spiro atoms. The van der Waals surface area contributed by atoms with Crippen LogP contribution in [0.2, 0.25) is 0 Å². The normalized spacial score (nSPS) is 14.3. The van der Waals surface area contributed by atoms with Gasteiger partial charge in [-0.15, -0.1) is 11.3 Å². The number of hydrogen-bond donors (Lipinski definition) is 1. The molecule has 1 fully saturated rings. The minimum atomic E-state index is -0.995. The molecule has 142 valence electrons. The number of nitrogens with zero attached hydrogens (tertiary/aromatic N) is 2. The SMILES string of the molecule is CC(=O)c1ccc(N2CCN(C(=O)Cc3csc(C(=O)O)c3)CC2)c(F)c1. The fraction of sp³-hybridized carbons (Fsp3) is 0.316. The number of rotatable bonds is 5. The van der Waals surface area contributed by atoms with Crippen molar-refractivity contribution < 1.29 is 23.9 Å². The molecule has 1 N–H and O–H groups in total. The second kappa shape index (κ2) is 7.87. The number of amides is 1. The number of thiophene rings is 1. The predicted octanol–water partition coefficient (Wildman–Crippen LogP) is 2.68. The van der Waals surface area contributed by atoms with Crippen LogP contribution in [-0.4, -0.2) is 53.8 Å². The van der Waals surface area contributed by atoms with Crippen LogP contribution in [0.15, 0.2) is 29.6 Å². The maximum Gasteiger partial charge on any atom is 0.345 e. The molecule has 1 aromatic carbocycles. The van der Waals surface area contributed by atoms with E-state index in [1.54, 1.807) is 22.4 Å². The molecule has 0 radical (unpaired) electrons. The van der Waals surface area contributed by atoms with Crippen LogP contribution in [0.3, 0.4) is 0 Å². The van der Waals surface area contributed by atoms with Crippen molar-refractivity contribution in [2.45, 2.75) is 13.3 Å². The Morgan fingerprint density at radius 1 is 1.15 bits per heavy atom. The number of carbonyl (C=O) groups excluding carboxylic acids is 2. The van der Waals surface area contributed by atoms with Crippen LogP contribution in [0.25, 0.3) is 0 Å². The Balaban J connectivity index is 1.59. The smallest absolute Gasteiger partial charge is 0.345 e. The average Bonchev–Trinajstić information content (AvgIpc) is 3.10. The van der Waals surface area contributed by atoms with Crippen molar-refractivity contribution in [2.24, 2.45) is 0 Å². The summed E-state index contributed by atoms with van der Waals surface area (Å²) in [5, 5.41) is 10.6. The summed E-state index contributed by atoms with van der Waals surface area (Å²) >= 11 is 1.10. The topological polar surface area (TPSA) is 77.9 Å². The first-order valence-electron chi connectivity index (χ1n) is 8.49. The molecule has 6 nitrogen and oxygen atoms in total. The van der Waals surface area contributed by atoms with Crippen molar-refractivity contribution in [3.63, 3.8) is 0 Å². The molecule has 27 heavy (non-hydrogen) atoms. The number of ketones is 1. The van der Waals surface area contributed by atoms with E-state index in [-0.39, 0.29) is 23.0 Å². The summed E-state index contributed by atoms with van der Waals surface area (Å²) in [7, 11) is 0. The van der Waals surface area contributed by atoms with Crippen LogP contribution in [0.4, 0.5) is 10.1 Å². The lowest BCUT2D eigenvalue weighted by Crippen LogP contribution is -2.49. The highest BCUT2D eigenvalue weighted by Gasteiger charge is 2.23. The monoisotopic (exact) mass is 390 g/mol. The third-order valence-electron chi connectivity index (χ3n) is 4.55. The van der Waals surface area contributed by atoms with Gasteiger partial charge in [0.15, 0.2) is 5.78 Å². The Bertz CT molecular complexity index is 888. The molecule has 2 aromatic rings. The lowest BCUT2D eigenvalue weighted by molar-refractivity contribution is -0.130. The van der Waals surface area contributed by atoms with E-state index >= 15 is 0 Å². The lowest BCUT2D eigenvalue weighted by Gasteiger charge is -2.36. The van der Waals surface area contributed by atoms with Crippen LogP contribution in [0, 0.1) is 5.82 Å². The van der Waals surface area contributed by atoms with Gasteiger partial charge in [-0.05, 0) is 42.1 Å². The molecule has 1 aliphatic heterocycles. The van der Waals surface area contributed by atoms with Crippen molar-refractivity contribution >= 4 is 34.7 Å². The van der Waals surface area contributed by atoms with Gasteiger partial charge >= 0.3 is 5.97 Å². The summed E-state index contributed by atoms with van der Waals surface area (Å²) in [6.07, 6.45) is 0.158. The molecule has 2 heterocycles. The van der Waals surface area contributed by atoms with E-state index in [0.717, 1.165) is 11.3 Å². The van der Waals surface area contributed by atoms with Gasteiger partial charge in [0.05, 0.1) is 12.1 Å². The molecule has 0 atom stereocenters. The van der Waals surface area contributed by atoms with Gasteiger partial charge in [0.25, 0.3) is 0 Å². The number of carbonyl (C=O) groups is 3. The Kier molecular flexibility index (Phi) is 5.55. The van der Waals surface area contributed by atoms with E-state index in [1.165, 1.54) is 19.1 Å². The second-order valence-electron chi connectivity index (χ2n) is 6.39. The van der Waals surface area contributed by atoms with Gasteiger partial charge in [0.2, 0.25) is 5.91 Å². The molecule has 8 heteroatoms. The lowest BCUT2D eigenvalue weighted by atomic mass is 10.1. The fourth-order valence-corrected chi connectivity index (χ4v) is 3.80. The summed E-state index contributed by atoms with van der Waals surface area (Å²) in [6, 6.07) is 5.97. The van der Waals surface area contributed by atoms with Crippen LogP contribution < -0.4 is 4.90 Å². The third kappa shape index (κ3) is 4.33. The fourth-order valence-electron chi connectivity index (χ4n) is 3.05. The minimum absolute atomic E-state index is 0.0724. The Labute approximate surface area is 159 Å². The van der Waals surface area contributed by atoms with Gasteiger partial charge in [-0.3, -0.25) is 9.59 Å². The van der Waals surface area contributed by atoms with E-state index in [4.69, 9.17) is 5.11 Å². The van der Waals surface area contributed by atoms with Gasteiger partial charge in [0, 0.05) is 31.7 Å². The highest BCUT2D eigenvalue weighted by Crippen LogP contribution is 2.23. The zero-order chi connectivity index (χ0) is 19.6. The standard InChI is InChI=1S/C19H19FN2O4S/c1-12(23)14-2-3-16(15(20)10-14)21-4-6-22(7-5-21)18(24)9-13-8-17(19(25)26)27-11-13/h2-3,8,10-11H,4-7,9H2,1H3,(H,25,26). The quantitative estimate of drug-likeness (QED) is 0.795. The molecule has 1 aromatic heterocycles. The average molecular weight is 390 g/mol. The molecular formula is C19H19FN2O4S. The van der Waals surface area contributed by atoms with Crippen LogP contribution >= 0.6 is 11.3 Å². The van der Waals surface area contributed by atoms with Crippen LogP contribution in [0.1, 0.15) is 32.5 Å². The Morgan fingerprint density at radius 2 is 1.85 bits per heavy atom. The first kappa shape index (κ1) is 19.0. The number of anilines is 1. The highest BCUT2D eigenvalue weighted by molar-refractivity contribution is 7.12. The summed E-state index contributed by atoms with van der Waals surface area (Å²) in [6.45, 7) is 3.30. The van der Waals surface area contributed by atoms with Crippen molar-refractivity contribution in [1.29, 1.82) is 0 Å². The number of benzene rings is 1. The van der Waals surface area contributed by atoms with Gasteiger partial charge in [-0.25, -0.2) is 9.18 Å². The zero-order valence-corrected chi connectivity index (χ0v) is 15.6. The van der Waals surface area contributed by atoms with Crippen LogP contribution in [-0.2, 0) is 11.2 Å². The van der Waals surface area contributed by atoms with Crippen LogP contribution in [0.5, 0.6) is 0 Å². The Morgan fingerprint density at radius 3 is 2.41 bits per heavy atom. The third-order valence-corrected chi connectivity index (χ3v) is 5.51. The van der Waals surface area contributed by atoms with Gasteiger partial charge in [-0.1, -0.05) is 0 Å². The van der Waals surface area contributed by atoms with Crippen molar-refractivity contribution in [2.75, 3.05) is 31.1 Å². The summed E-state index contributed by atoms with van der Waals surface area (Å²) in [5.74, 6) is -1.70. The predicted molar refractivity (Wildman–Crippen MR) is 100 cm³/mol. The van der Waals surface area contributed by atoms with Crippen molar-refractivity contribution in [3.05, 3.63) is 51.5 Å². The number of carboxylic acid groups (broad SMARTS) is 1. The van der Waals surface area contributed by atoms with Crippen molar-refractivity contribution in [1.82, 2.24) is 4.90 Å². The number of carboxylic acids is 1. The number of hydrogen-bond acceptors (Lipinski definition) is 5. The number of piperazine rings is 1. The molecule has 0 aliphatic carbocycles. The number of Topliss-reactive ketones (excluding diaryl/α,β-unsaturated/α-hetero) is 1. The Hall–Kier alpha value is -2.74. The maximum absolute atomic E-state index is 14.3. The van der Waals surface area contributed by atoms with E-state index in [0.29, 0.717) is 43.0 Å². The summed E-state index contributed by atoms with van der Waals surface area (Å²) < 4.78 is 14.3. The zero-order valence-electron chi connectivity index (χ0n) is 14.8. The van der Waals surface area contributed by atoms with Crippen molar-refractivity contribution in [3.8, 4) is 0 Å². The molecule has 1 amide bonds. The van der Waals surface area contributed by atoms with Gasteiger partial charge in [0.1, 0.15) is 10.7 Å². The molecule has 0 bridgehead atoms. The largest absolute Gasteiger partial charge is 0.477 e. The maximum atomic E-state index is 14.3. The first-order valence-corrected chi connectivity index (χ1v) is 9.37. The first-order chi connectivity index (χ1) is 12.8. The van der Waals surface area contributed by atoms with Gasteiger partial charge in [-0.2, -0.15) is 0 Å². The molecule has 3 rings (SSSR count). The molecule has 0 unspecified atom stereocenters. The van der Waals surface area contributed by atoms with E-state index < -0.39 is 11.8 Å². The number of aromatic carboxylic acids is 1. The van der Waals surface area contributed by atoms with E-state index in [9.17, 15) is 18.8 Å². The molecule has 1 aliphatic rings. The summed E-state index contributed by atoms with van der Waals surface area (Å²) in [5.41, 5.74) is 1.45. The molecule has 1 saturated heterocycles. The molecule has 0 saturated carbocycles. The van der Waals surface area contributed by atoms with E-state index in [2.05, 4.69) is 0 Å². The molecular weight excluding hydrogens is 371 g/mol. The minimum Gasteiger partial charge on any atom is -0.477 e. The highest BCUT2D eigenvalue weighted by atomic mass is 32.1. The second-order valence-corrected chi connectivity index (χ2v) is 7.30. The summed E-state index contributed by atoms with van der Waals surface area (Å²) in [4.78, 5) is 38.5. The van der Waals surface area contributed by atoms with Gasteiger partial charge < -0.3 is 14.9 Å².